The van der Waals surface area contributed by atoms with Gasteiger partial charge in [0, 0.05) is 25.4 Å². The third-order valence-electron chi connectivity index (χ3n) is 3.85. The number of benzene rings is 2. The summed E-state index contributed by atoms with van der Waals surface area (Å²) in [7, 11) is 0. The summed E-state index contributed by atoms with van der Waals surface area (Å²) in [5, 5.41) is 0. The number of rotatable bonds is 3. The second kappa shape index (κ2) is 6.00. The highest BCUT2D eigenvalue weighted by atomic mass is 16.5. The van der Waals surface area contributed by atoms with Gasteiger partial charge in [-0.25, -0.2) is 0 Å². The molecule has 0 N–H and O–H groups in total. The molecule has 2 aromatic carbocycles. The molecule has 0 aromatic heterocycles. The van der Waals surface area contributed by atoms with Crippen molar-refractivity contribution in [3.63, 3.8) is 0 Å². The first-order valence-electron chi connectivity index (χ1n) is 7.33. The zero-order valence-corrected chi connectivity index (χ0v) is 12.2. The second-order valence-corrected chi connectivity index (χ2v) is 5.45. The van der Waals surface area contributed by atoms with Crippen molar-refractivity contribution in [2.24, 2.45) is 5.92 Å². The van der Waals surface area contributed by atoms with Crippen molar-refractivity contribution in [2.75, 3.05) is 18.0 Å². The van der Waals surface area contributed by atoms with Crippen molar-refractivity contribution in [1.82, 2.24) is 0 Å². The van der Waals surface area contributed by atoms with E-state index in [0.717, 1.165) is 30.3 Å². The third kappa shape index (κ3) is 3.07. The van der Waals surface area contributed by atoms with Crippen LogP contribution in [0, 0.1) is 5.92 Å². The molecule has 0 spiro atoms. The molecule has 0 bridgehead atoms. The van der Waals surface area contributed by atoms with Crippen LogP contribution in [0.2, 0.25) is 0 Å². The van der Waals surface area contributed by atoms with Crippen LogP contribution in [0.25, 0.3) is 0 Å². The summed E-state index contributed by atoms with van der Waals surface area (Å²) in [6.45, 7) is 3.52. The highest BCUT2D eigenvalue weighted by molar-refractivity contribution is 5.83. The van der Waals surface area contributed by atoms with Crippen LogP contribution >= 0.6 is 0 Å². The summed E-state index contributed by atoms with van der Waals surface area (Å²) < 4.78 is 6.00. The number of Topliss-reactive ketones (excluding diaryl/α,β-unsaturated/α-hetero) is 1. The van der Waals surface area contributed by atoms with E-state index < -0.39 is 0 Å². The lowest BCUT2D eigenvalue weighted by Crippen LogP contribution is -2.39. The Hall–Kier alpha value is -2.29. The molecular weight excluding hydrogens is 262 g/mol. The van der Waals surface area contributed by atoms with Crippen LogP contribution in [0.1, 0.15) is 13.3 Å². The van der Waals surface area contributed by atoms with Gasteiger partial charge in [-0.15, -0.1) is 0 Å². The van der Waals surface area contributed by atoms with Crippen molar-refractivity contribution in [2.45, 2.75) is 13.3 Å². The molecule has 1 atom stereocenters. The monoisotopic (exact) mass is 281 g/mol. The van der Waals surface area contributed by atoms with Crippen LogP contribution in [0.4, 0.5) is 5.69 Å². The van der Waals surface area contributed by atoms with Gasteiger partial charge in [0.05, 0.1) is 5.69 Å². The van der Waals surface area contributed by atoms with Crippen LogP contribution in [0.15, 0.2) is 54.6 Å². The quantitative estimate of drug-likeness (QED) is 0.854. The zero-order valence-electron chi connectivity index (χ0n) is 12.2. The molecule has 1 saturated heterocycles. The predicted molar refractivity (Wildman–Crippen MR) is 84.0 cm³/mol. The molecule has 1 heterocycles. The van der Waals surface area contributed by atoms with E-state index in [1.807, 2.05) is 55.5 Å². The lowest BCUT2D eigenvalue weighted by atomic mass is 9.98. The zero-order chi connectivity index (χ0) is 14.7. The minimum atomic E-state index is 0.0866. The molecule has 0 radical (unpaired) electrons. The molecule has 3 nitrogen and oxygen atoms in total. The van der Waals surface area contributed by atoms with Gasteiger partial charge in [-0.2, -0.15) is 0 Å². The van der Waals surface area contributed by atoms with Crippen molar-refractivity contribution < 1.29 is 9.53 Å². The standard InChI is InChI=1S/C18H19NO2/c1-14-13-19(12-11-17(14)20)16-9-5-6-10-18(16)21-15-7-3-2-4-8-15/h2-10,14H,11-13H2,1H3. The van der Waals surface area contributed by atoms with Gasteiger partial charge in [0.2, 0.25) is 0 Å². The number of ether oxygens (including phenoxy) is 1. The molecule has 1 fully saturated rings. The van der Waals surface area contributed by atoms with Crippen LogP contribution in [-0.4, -0.2) is 18.9 Å². The normalized spacial score (nSPS) is 18.6. The van der Waals surface area contributed by atoms with Crippen molar-refractivity contribution >= 4 is 11.5 Å². The SMILES string of the molecule is CC1CN(c2ccccc2Oc2ccccc2)CCC1=O. The highest BCUT2D eigenvalue weighted by Crippen LogP contribution is 2.33. The van der Waals surface area contributed by atoms with Crippen molar-refractivity contribution in [3.8, 4) is 11.5 Å². The Morgan fingerprint density at radius 1 is 1.05 bits per heavy atom. The summed E-state index contributed by atoms with van der Waals surface area (Å²) in [5.41, 5.74) is 1.06. The Kier molecular flexibility index (Phi) is 3.91. The molecular formula is C18H19NO2. The lowest BCUT2D eigenvalue weighted by molar-refractivity contribution is -0.122. The fourth-order valence-corrected chi connectivity index (χ4v) is 2.65. The molecule has 0 saturated carbocycles. The van der Waals surface area contributed by atoms with Gasteiger partial charge >= 0.3 is 0 Å². The molecule has 2 aromatic rings. The number of nitrogens with zero attached hydrogens (tertiary/aromatic N) is 1. The van der Waals surface area contributed by atoms with E-state index in [2.05, 4.69) is 11.0 Å². The Balaban J connectivity index is 1.84. The predicted octanol–water partition coefficient (Wildman–Crippen LogP) is 3.89. The number of carbonyl (C=O) groups is 1. The van der Waals surface area contributed by atoms with E-state index in [1.54, 1.807) is 0 Å². The van der Waals surface area contributed by atoms with E-state index in [0.29, 0.717) is 12.2 Å². The topological polar surface area (TPSA) is 29.5 Å². The maximum atomic E-state index is 11.7. The summed E-state index contributed by atoms with van der Waals surface area (Å²) >= 11 is 0. The minimum Gasteiger partial charge on any atom is -0.455 e. The van der Waals surface area contributed by atoms with Crippen LogP contribution in [0.3, 0.4) is 0 Å². The highest BCUT2D eigenvalue weighted by Gasteiger charge is 2.25. The number of hydrogen-bond acceptors (Lipinski definition) is 3. The number of para-hydroxylation sites is 3. The first kappa shape index (κ1) is 13.7. The number of anilines is 1. The maximum absolute atomic E-state index is 11.7. The smallest absolute Gasteiger partial charge is 0.150 e. The first-order chi connectivity index (χ1) is 10.2. The Labute approximate surface area is 125 Å². The van der Waals surface area contributed by atoms with Gasteiger partial charge in [-0.3, -0.25) is 4.79 Å². The fourth-order valence-electron chi connectivity index (χ4n) is 2.65. The van der Waals surface area contributed by atoms with Crippen molar-refractivity contribution in [1.29, 1.82) is 0 Å². The Bertz CT molecular complexity index is 624. The summed E-state index contributed by atoms with van der Waals surface area (Å²) in [6.07, 6.45) is 0.612. The van der Waals surface area contributed by atoms with Crippen LogP contribution in [-0.2, 0) is 4.79 Å². The molecule has 1 aliphatic heterocycles. The molecule has 0 amide bonds. The van der Waals surface area contributed by atoms with Gasteiger partial charge in [-0.1, -0.05) is 37.3 Å². The van der Waals surface area contributed by atoms with E-state index in [1.165, 1.54) is 0 Å². The minimum absolute atomic E-state index is 0.0866. The molecule has 0 aliphatic carbocycles. The average molecular weight is 281 g/mol. The Morgan fingerprint density at radius 2 is 1.76 bits per heavy atom. The van der Waals surface area contributed by atoms with E-state index in [9.17, 15) is 4.79 Å². The summed E-state index contributed by atoms with van der Waals surface area (Å²) in [5.74, 6) is 2.10. The van der Waals surface area contributed by atoms with Crippen LogP contribution < -0.4 is 9.64 Å². The van der Waals surface area contributed by atoms with Gasteiger partial charge in [0.1, 0.15) is 11.5 Å². The summed E-state index contributed by atoms with van der Waals surface area (Å²) in [4.78, 5) is 13.9. The maximum Gasteiger partial charge on any atom is 0.150 e. The van der Waals surface area contributed by atoms with Gasteiger partial charge in [-0.05, 0) is 24.3 Å². The molecule has 21 heavy (non-hydrogen) atoms. The molecule has 1 aliphatic rings. The average Bonchev–Trinajstić information content (AvgIpc) is 2.52. The molecule has 3 heteroatoms. The van der Waals surface area contributed by atoms with E-state index in [4.69, 9.17) is 4.74 Å². The van der Waals surface area contributed by atoms with Gasteiger partial charge in [0.15, 0.2) is 5.75 Å². The molecule has 1 unspecified atom stereocenters. The number of piperidine rings is 1. The number of hydrogen-bond donors (Lipinski definition) is 0. The lowest BCUT2D eigenvalue weighted by Gasteiger charge is -2.32. The largest absolute Gasteiger partial charge is 0.455 e. The van der Waals surface area contributed by atoms with Crippen LogP contribution in [0.5, 0.6) is 11.5 Å². The van der Waals surface area contributed by atoms with E-state index in [-0.39, 0.29) is 5.92 Å². The summed E-state index contributed by atoms with van der Waals surface area (Å²) in [6, 6.07) is 17.8. The van der Waals surface area contributed by atoms with E-state index >= 15 is 0 Å². The number of carbonyl (C=O) groups excluding carboxylic acids is 1. The van der Waals surface area contributed by atoms with Crippen molar-refractivity contribution in [3.05, 3.63) is 54.6 Å². The molecule has 108 valence electrons. The van der Waals surface area contributed by atoms with Gasteiger partial charge < -0.3 is 9.64 Å². The third-order valence-corrected chi connectivity index (χ3v) is 3.85. The Morgan fingerprint density at radius 3 is 2.52 bits per heavy atom. The first-order valence-corrected chi connectivity index (χ1v) is 7.33. The fraction of sp³-hybridized carbons (Fsp3) is 0.278. The second-order valence-electron chi connectivity index (χ2n) is 5.45. The molecule has 3 rings (SSSR count). The van der Waals surface area contributed by atoms with Gasteiger partial charge in [0.25, 0.3) is 0 Å². The number of ketones is 1.